The molecule has 6 atom stereocenters. The molecule has 1 heterocycles. The second-order valence-electron chi connectivity index (χ2n) is 15.2. The number of nitrogens with zero attached hydrogens (tertiary/aromatic N) is 1. The summed E-state index contributed by atoms with van der Waals surface area (Å²) in [5.74, 6) is -3.65. The van der Waals surface area contributed by atoms with Crippen LogP contribution in [-0.4, -0.2) is 95.8 Å². The van der Waals surface area contributed by atoms with Gasteiger partial charge < -0.3 is 36.8 Å². The molecule has 54 heavy (non-hydrogen) atoms. The lowest BCUT2D eigenvalue weighted by Gasteiger charge is -2.32. The number of anilines is 1. The lowest BCUT2D eigenvalue weighted by atomic mass is 9.84. The van der Waals surface area contributed by atoms with Crippen molar-refractivity contribution in [3.63, 3.8) is 0 Å². The summed E-state index contributed by atoms with van der Waals surface area (Å²) in [6.45, 7) is 13.8. The molecule has 0 saturated carbocycles. The van der Waals surface area contributed by atoms with E-state index in [1.165, 1.54) is 12.2 Å². The van der Waals surface area contributed by atoms with Crippen molar-refractivity contribution in [1.82, 2.24) is 20.9 Å². The van der Waals surface area contributed by atoms with Gasteiger partial charge in [0, 0.05) is 55.2 Å². The third kappa shape index (κ3) is 15.4. The van der Waals surface area contributed by atoms with Gasteiger partial charge >= 0.3 is 5.97 Å². The van der Waals surface area contributed by atoms with Crippen LogP contribution in [-0.2, 0) is 44.7 Å². The first-order chi connectivity index (χ1) is 25.3. The molecule has 7 N–H and O–H groups in total. The van der Waals surface area contributed by atoms with Gasteiger partial charge in [-0.3, -0.25) is 38.5 Å². The topological polar surface area (TPSA) is 226 Å². The number of hydrogen-bond donors (Lipinski definition) is 6. The maximum atomic E-state index is 13.0. The van der Waals surface area contributed by atoms with E-state index >= 15 is 0 Å². The van der Waals surface area contributed by atoms with E-state index in [4.69, 9.17) is 15.6 Å². The summed E-state index contributed by atoms with van der Waals surface area (Å²) >= 11 is 0. The van der Waals surface area contributed by atoms with Gasteiger partial charge in [-0.25, -0.2) is 0 Å². The highest BCUT2D eigenvalue weighted by molar-refractivity contribution is 6.12. The number of hydrogen-bond acceptors (Lipinski definition) is 9. The van der Waals surface area contributed by atoms with Crippen molar-refractivity contribution in [2.75, 3.05) is 31.6 Å². The standard InChI is InChI=1S/C39H60N6O9/c1-8-38(6,23-54-24-39(7,9-2)22-41-31(46)11-10-18-45-33(48)16-17-34(45)49)21-32(47)42-26(4)35(50)43-27(5)36(51)44-30-14-12-28(13-15-30)20-29(40)19-25(3)37(52)53/h12-17,25-27,29H,8-11,18-24,40H2,1-7H3,(H,41,46)(H,42,47)(H,43,50)(H,44,51)(H,52,53)/t25-,26-,27-,29+,38?,39?/m0/s1. The summed E-state index contributed by atoms with van der Waals surface area (Å²) in [5, 5.41) is 20.1. The van der Waals surface area contributed by atoms with Gasteiger partial charge in [-0.2, -0.15) is 0 Å². The Morgan fingerprint density at radius 3 is 2.00 bits per heavy atom. The van der Waals surface area contributed by atoms with E-state index < -0.39 is 41.2 Å². The van der Waals surface area contributed by atoms with Crippen LogP contribution in [0.5, 0.6) is 0 Å². The molecule has 15 nitrogen and oxygen atoms in total. The van der Waals surface area contributed by atoms with Crippen LogP contribution in [0.25, 0.3) is 0 Å². The maximum Gasteiger partial charge on any atom is 0.306 e. The maximum absolute atomic E-state index is 13.0. The molecule has 15 heteroatoms. The molecule has 2 rings (SSSR count). The van der Waals surface area contributed by atoms with Gasteiger partial charge in [-0.05, 0) is 69.1 Å². The Morgan fingerprint density at radius 2 is 1.43 bits per heavy atom. The largest absolute Gasteiger partial charge is 0.481 e. The number of nitrogens with one attached hydrogen (secondary N) is 4. The Kier molecular flexibility index (Phi) is 18.0. The van der Waals surface area contributed by atoms with Gasteiger partial charge in [0.25, 0.3) is 11.8 Å². The molecule has 0 fully saturated rings. The smallest absolute Gasteiger partial charge is 0.306 e. The number of carbonyl (C=O) groups is 7. The Hall–Kier alpha value is -4.63. The quantitative estimate of drug-likeness (QED) is 0.0846. The normalized spacial score (nSPS) is 17.1. The molecule has 1 aliphatic heterocycles. The number of imide groups is 1. The second-order valence-corrected chi connectivity index (χ2v) is 15.2. The molecule has 1 aromatic rings. The lowest BCUT2D eigenvalue weighted by molar-refractivity contribution is -0.141. The molecule has 0 aromatic heterocycles. The van der Waals surface area contributed by atoms with Crippen molar-refractivity contribution in [2.45, 2.75) is 112 Å². The van der Waals surface area contributed by atoms with Crippen LogP contribution < -0.4 is 27.0 Å². The first-order valence-corrected chi connectivity index (χ1v) is 18.7. The second kappa shape index (κ2) is 21.3. The molecular formula is C39H60N6O9. The van der Waals surface area contributed by atoms with Gasteiger partial charge in [0.2, 0.25) is 23.6 Å². The van der Waals surface area contributed by atoms with E-state index in [0.29, 0.717) is 44.5 Å². The van der Waals surface area contributed by atoms with E-state index in [-0.39, 0.29) is 61.1 Å². The molecule has 0 saturated heterocycles. The highest BCUT2D eigenvalue weighted by Gasteiger charge is 2.31. The minimum absolute atomic E-state index is 0.105. The van der Waals surface area contributed by atoms with Crippen molar-refractivity contribution in [1.29, 1.82) is 0 Å². The summed E-state index contributed by atoms with van der Waals surface area (Å²) in [7, 11) is 0. The first-order valence-electron chi connectivity index (χ1n) is 18.7. The predicted octanol–water partition coefficient (Wildman–Crippen LogP) is 2.68. The number of amides is 6. The average Bonchev–Trinajstić information content (AvgIpc) is 3.43. The van der Waals surface area contributed by atoms with E-state index in [9.17, 15) is 33.6 Å². The van der Waals surface area contributed by atoms with Crippen LogP contribution in [0, 0.1) is 16.7 Å². The highest BCUT2D eigenvalue weighted by atomic mass is 16.5. The van der Waals surface area contributed by atoms with E-state index in [1.54, 1.807) is 45.0 Å². The zero-order valence-electron chi connectivity index (χ0n) is 32.8. The fraction of sp³-hybridized carbons (Fsp3) is 0.615. The number of aliphatic carboxylic acids is 1. The zero-order valence-corrected chi connectivity index (χ0v) is 32.8. The van der Waals surface area contributed by atoms with Gasteiger partial charge in [0.1, 0.15) is 12.1 Å². The Morgan fingerprint density at radius 1 is 0.852 bits per heavy atom. The third-order valence-electron chi connectivity index (χ3n) is 9.91. The lowest BCUT2D eigenvalue weighted by Crippen LogP contribution is -2.51. The van der Waals surface area contributed by atoms with Gasteiger partial charge in [-0.15, -0.1) is 0 Å². The van der Waals surface area contributed by atoms with Crippen molar-refractivity contribution < 1.29 is 43.4 Å². The van der Waals surface area contributed by atoms with Crippen LogP contribution in [0.1, 0.15) is 92.6 Å². The summed E-state index contributed by atoms with van der Waals surface area (Å²) in [6.07, 6.45) is 5.27. The van der Waals surface area contributed by atoms with Crippen molar-refractivity contribution in [3.8, 4) is 0 Å². The molecule has 0 bridgehead atoms. The third-order valence-corrected chi connectivity index (χ3v) is 9.91. The Labute approximate surface area is 318 Å². The SMILES string of the molecule is CCC(C)(CNC(=O)CCCN1C(=O)C=CC1=O)COCC(C)(CC)CC(=O)N[C@@H](C)C(=O)N[C@@H](C)C(=O)Nc1ccc(C[C@H](N)C[C@H](C)C(=O)O)cc1. The summed E-state index contributed by atoms with van der Waals surface area (Å²) in [4.78, 5) is 86.7. The Balaban J connectivity index is 1.76. The first kappa shape index (κ1) is 45.5. The number of nitrogens with two attached hydrogens (primary N) is 1. The molecule has 0 spiro atoms. The number of carbonyl (C=O) groups excluding carboxylic acids is 6. The molecule has 0 aliphatic carbocycles. The van der Waals surface area contributed by atoms with Crippen molar-refractivity contribution in [3.05, 3.63) is 42.0 Å². The average molecular weight is 757 g/mol. The monoisotopic (exact) mass is 756 g/mol. The molecular weight excluding hydrogens is 696 g/mol. The van der Waals surface area contributed by atoms with Crippen LogP contribution in [0.3, 0.4) is 0 Å². The molecule has 1 aromatic carbocycles. The predicted molar refractivity (Wildman–Crippen MR) is 204 cm³/mol. The van der Waals surface area contributed by atoms with Crippen LogP contribution >= 0.6 is 0 Å². The number of benzene rings is 1. The summed E-state index contributed by atoms with van der Waals surface area (Å²) in [6, 6.07) is 4.91. The van der Waals surface area contributed by atoms with Gasteiger partial charge in [0.05, 0.1) is 19.1 Å². The number of ether oxygens (including phenoxy) is 1. The molecule has 300 valence electrons. The van der Waals surface area contributed by atoms with Crippen LogP contribution in [0.2, 0.25) is 0 Å². The van der Waals surface area contributed by atoms with Gasteiger partial charge in [0.15, 0.2) is 0 Å². The van der Waals surface area contributed by atoms with Gasteiger partial charge in [-0.1, -0.05) is 46.8 Å². The van der Waals surface area contributed by atoms with E-state index in [0.717, 1.165) is 16.9 Å². The van der Waals surface area contributed by atoms with E-state index in [1.807, 2.05) is 27.7 Å². The minimum Gasteiger partial charge on any atom is -0.481 e. The highest BCUT2D eigenvalue weighted by Crippen LogP contribution is 2.28. The minimum atomic E-state index is -0.901. The van der Waals surface area contributed by atoms with E-state index in [2.05, 4.69) is 21.3 Å². The molecule has 0 radical (unpaired) electrons. The summed E-state index contributed by atoms with van der Waals surface area (Å²) < 4.78 is 6.11. The zero-order chi connectivity index (χ0) is 40.6. The molecule has 6 amide bonds. The summed E-state index contributed by atoms with van der Waals surface area (Å²) in [5.41, 5.74) is 6.62. The molecule has 2 unspecified atom stereocenters. The number of carboxylic acids is 1. The number of carboxylic acid groups (broad SMARTS) is 1. The fourth-order valence-electron chi connectivity index (χ4n) is 5.61. The fourth-order valence-corrected chi connectivity index (χ4v) is 5.61. The Bertz CT molecular complexity index is 1500. The van der Waals surface area contributed by atoms with Crippen molar-refractivity contribution >= 4 is 47.1 Å². The number of rotatable bonds is 24. The van der Waals surface area contributed by atoms with Crippen LogP contribution in [0.4, 0.5) is 5.69 Å². The van der Waals surface area contributed by atoms with Crippen LogP contribution in [0.15, 0.2) is 36.4 Å². The molecule has 1 aliphatic rings. The van der Waals surface area contributed by atoms with Crippen molar-refractivity contribution in [2.24, 2.45) is 22.5 Å².